The van der Waals surface area contributed by atoms with Gasteiger partial charge in [-0.05, 0) is 138 Å². The number of hydrogen-bond acceptors (Lipinski definition) is 17. The summed E-state index contributed by atoms with van der Waals surface area (Å²) in [5.74, 6) is -2.02. The number of aryl methyl sites for hydroxylation is 1. The number of piperidine rings is 4. The molecule has 3 aromatic heterocycles. The van der Waals surface area contributed by atoms with Gasteiger partial charge in [0.25, 0.3) is 11.8 Å². The maximum Gasteiger partial charge on any atom is 0.490 e. The molecule has 5 fully saturated rings. The number of fused-ring (bicyclic) bond motifs is 2. The number of hydrogen-bond donors (Lipinski definition) is 4. The molecule has 8 heterocycles. The van der Waals surface area contributed by atoms with Crippen molar-refractivity contribution < 1.29 is 51.6 Å². The van der Waals surface area contributed by atoms with E-state index in [4.69, 9.17) is 31.2 Å². The predicted molar refractivity (Wildman–Crippen MR) is 310 cm³/mol. The number of aliphatic carboxylic acids is 1. The molecular formula is C58H64ClF3N13O8P. The predicted octanol–water partition coefficient (Wildman–Crippen LogP) is 8.63. The molecule has 1 atom stereocenters. The highest BCUT2D eigenvalue weighted by Crippen LogP contribution is 2.53. The summed E-state index contributed by atoms with van der Waals surface area (Å²) < 4.78 is 53.2. The molecule has 1 saturated carbocycles. The van der Waals surface area contributed by atoms with Crippen LogP contribution in [-0.2, 0) is 26.0 Å². The molecule has 0 radical (unpaired) electrons. The summed E-state index contributed by atoms with van der Waals surface area (Å²) >= 11 is 6.70. The molecule has 4 saturated heterocycles. The van der Waals surface area contributed by atoms with Crippen molar-refractivity contribution in [1.82, 2.24) is 44.8 Å². The van der Waals surface area contributed by atoms with E-state index in [0.29, 0.717) is 79.6 Å². The summed E-state index contributed by atoms with van der Waals surface area (Å²) in [6.07, 6.45) is 13.2. The van der Waals surface area contributed by atoms with Crippen molar-refractivity contribution in [3.05, 3.63) is 89.6 Å². The fourth-order valence-electron chi connectivity index (χ4n) is 13.2. The molecule has 1 unspecified atom stereocenters. The van der Waals surface area contributed by atoms with E-state index >= 15 is 0 Å². The van der Waals surface area contributed by atoms with Crippen LogP contribution in [0.5, 0.6) is 5.75 Å². The first-order valence-electron chi connectivity index (χ1n) is 28.0. The number of ether oxygens (including phenoxy) is 1. The Morgan fingerprint density at radius 2 is 1.50 bits per heavy atom. The number of nitrogens with zero attached hydrogens (tertiary/aromatic N) is 10. The number of amides is 4. The number of carbonyl (C=O) groups is 5. The van der Waals surface area contributed by atoms with E-state index in [2.05, 4.69) is 62.8 Å². The van der Waals surface area contributed by atoms with E-state index < -0.39 is 43.1 Å². The van der Waals surface area contributed by atoms with Gasteiger partial charge in [-0.3, -0.25) is 44.0 Å². The number of alkyl halides is 3. The molecule has 5 aliphatic heterocycles. The van der Waals surface area contributed by atoms with E-state index in [1.165, 1.54) is 31.9 Å². The molecule has 4 N–H and O–H groups in total. The second-order valence-electron chi connectivity index (χ2n) is 23.1. The number of halogens is 4. The van der Waals surface area contributed by atoms with E-state index in [-0.39, 0.29) is 23.8 Å². The second-order valence-corrected chi connectivity index (χ2v) is 26.6. The number of rotatable bonds is 12. The van der Waals surface area contributed by atoms with Crippen molar-refractivity contribution >= 4 is 99.2 Å². The highest BCUT2D eigenvalue weighted by molar-refractivity contribution is 7.71. The number of benzene rings is 3. The summed E-state index contributed by atoms with van der Waals surface area (Å²) in [6, 6.07) is 13.0. The third-order valence-corrected chi connectivity index (χ3v) is 19.4. The summed E-state index contributed by atoms with van der Waals surface area (Å²) in [5.41, 5.74) is 7.48. The first-order chi connectivity index (χ1) is 40.1. The average Bonchev–Trinajstić information content (AvgIpc) is 1.56. The van der Waals surface area contributed by atoms with Crippen LogP contribution in [-0.4, -0.2) is 152 Å². The normalized spacial score (nSPS) is 19.9. The lowest BCUT2D eigenvalue weighted by molar-refractivity contribution is -0.192. The van der Waals surface area contributed by atoms with Gasteiger partial charge >= 0.3 is 12.1 Å². The van der Waals surface area contributed by atoms with Crippen LogP contribution >= 0.6 is 18.7 Å². The lowest BCUT2D eigenvalue weighted by atomic mass is 9.59. The SMILES string of the molecule is COc1cc(N2CCC(C3CCN(C4CC5(CCN(c6ccc7c(c6)C(=O)N(C6CCC(=O)NC6=O)C7=O)CC5)C4)CC3)CC2)c(-c2cnn(C)c2)cc1Nc1ncc(Cl)c(Nc2ccc3nccnc3c2P(C)(C)=O)n1.O=C(O)C(F)(F)F. The number of carbonyl (C=O) groups excluding carboxylic acids is 4. The zero-order chi connectivity index (χ0) is 59.4. The largest absolute Gasteiger partial charge is 0.494 e. The van der Waals surface area contributed by atoms with Crippen molar-refractivity contribution in [3.8, 4) is 16.9 Å². The fraction of sp³-hybridized carbons (Fsp3) is 0.448. The van der Waals surface area contributed by atoms with Crippen LogP contribution in [0, 0.1) is 17.3 Å². The van der Waals surface area contributed by atoms with Gasteiger partial charge in [-0.15, -0.1) is 0 Å². The Morgan fingerprint density at radius 3 is 2.14 bits per heavy atom. The van der Waals surface area contributed by atoms with Gasteiger partial charge < -0.3 is 39.7 Å². The smallest absolute Gasteiger partial charge is 0.490 e. The zero-order valence-electron chi connectivity index (χ0n) is 46.8. The summed E-state index contributed by atoms with van der Waals surface area (Å²) in [5, 5.41) is 21.5. The Labute approximate surface area is 487 Å². The summed E-state index contributed by atoms with van der Waals surface area (Å²) in [4.78, 5) is 86.8. The lowest BCUT2D eigenvalue weighted by Crippen LogP contribution is -2.56. The third-order valence-electron chi connectivity index (χ3n) is 17.6. The minimum absolute atomic E-state index is 0.0976. The van der Waals surface area contributed by atoms with Gasteiger partial charge in [0.05, 0.1) is 52.8 Å². The number of imide groups is 2. The summed E-state index contributed by atoms with van der Waals surface area (Å²) in [6.45, 7) is 9.40. The van der Waals surface area contributed by atoms with Gasteiger partial charge in [0, 0.05) is 92.8 Å². The van der Waals surface area contributed by atoms with Crippen LogP contribution in [0.25, 0.3) is 22.2 Å². The Bertz CT molecular complexity index is 3620. The molecule has 12 rings (SSSR count). The van der Waals surface area contributed by atoms with E-state index in [1.807, 2.05) is 48.4 Å². The number of anilines is 6. The molecule has 0 bridgehead atoms. The Morgan fingerprint density at radius 1 is 0.821 bits per heavy atom. The van der Waals surface area contributed by atoms with Crippen LogP contribution in [0.1, 0.15) is 84.9 Å². The van der Waals surface area contributed by atoms with Gasteiger partial charge in [-0.25, -0.2) is 9.78 Å². The summed E-state index contributed by atoms with van der Waals surface area (Å²) in [7, 11) is 0.755. The number of aromatic nitrogens is 6. The fourth-order valence-corrected chi connectivity index (χ4v) is 14.7. The molecule has 84 heavy (non-hydrogen) atoms. The van der Waals surface area contributed by atoms with Crippen LogP contribution in [0.4, 0.5) is 47.7 Å². The topological polar surface area (TPSA) is 250 Å². The van der Waals surface area contributed by atoms with Crippen LogP contribution < -0.4 is 35.8 Å². The molecule has 6 aromatic rings. The number of carboxylic acid groups (broad SMARTS) is 1. The van der Waals surface area contributed by atoms with Crippen molar-refractivity contribution in [2.45, 2.75) is 82.5 Å². The Kier molecular flexibility index (Phi) is 15.9. The van der Waals surface area contributed by atoms with E-state index in [1.54, 1.807) is 38.9 Å². The molecule has 1 spiro atoms. The second kappa shape index (κ2) is 23.1. The van der Waals surface area contributed by atoms with E-state index in [9.17, 15) is 36.9 Å². The maximum atomic E-state index is 13.6. The molecule has 3 aromatic carbocycles. The highest BCUT2D eigenvalue weighted by Gasteiger charge is 2.49. The van der Waals surface area contributed by atoms with Crippen molar-refractivity contribution in [3.63, 3.8) is 0 Å². The number of nitrogens with one attached hydrogen (secondary N) is 3. The van der Waals surface area contributed by atoms with E-state index in [0.717, 1.165) is 92.4 Å². The quantitative estimate of drug-likeness (QED) is 0.0661. The van der Waals surface area contributed by atoms with Gasteiger partial charge in [0.1, 0.15) is 29.5 Å². The monoisotopic (exact) mass is 1190 g/mol. The molecule has 1 aliphatic carbocycles. The van der Waals surface area contributed by atoms with Gasteiger partial charge in [0.15, 0.2) is 5.82 Å². The van der Waals surface area contributed by atoms with Gasteiger partial charge in [-0.1, -0.05) is 11.6 Å². The highest BCUT2D eigenvalue weighted by atomic mass is 35.5. The maximum absolute atomic E-state index is 13.6. The molecular weight excluding hydrogens is 1130 g/mol. The molecule has 442 valence electrons. The van der Waals surface area contributed by atoms with Gasteiger partial charge in [-0.2, -0.15) is 23.3 Å². The average molecular weight is 1190 g/mol. The van der Waals surface area contributed by atoms with Crippen LogP contribution in [0.2, 0.25) is 5.02 Å². The van der Waals surface area contributed by atoms with Crippen molar-refractivity contribution in [2.24, 2.45) is 24.3 Å². The minimum atomic E-state index is -5.08. The molecule has 6 aliphatic rings. The van der Waals surface area contributed by atoms with Crippen LogP contribution in [0.15, 0.2) is 73.4 Å². The van der Waals surface area contributed by atoms with Crippen LogP contribution in [0.3, 0.4) is 0 Å². The van der Waals surface area contributed by atoms with Crippen molar-refractivity contribution in [1.29, 1.82) is 0 Å². The molecule has 21 nitrogen and oxygen atoms in total. The number of carboxylic acids is 1. The standard InChI is InChI=1S/C56H63ClN13O6P.C2HF3O2/c1-66-32-35(30-61-66)39-26-44(63-55-60-31-41(57)51(65-55)62-43-8-7-42-49(59-18-17-58-42)50(43)77(3,4)75)47(76-2)27-46(39)69-21-13-34(14-22-69)33-11-19-67(20-12-33)37-28-56(29-37)15-23-68(24-16-56)36-5-6-38-40(25-36)54(74)70(53(38)73)45-9-10-48(71)64-52(45)72;3-2(4,5)1(6)7/h5-8,17-18,25-27,30-34,37,45H,9-16,19-24,28-29H2,1-4H3,(H,64,71,72)(H2,60,62,63,65);(H,6,7). The first kappa shape index (κ1) is 58.1. The Hall–Kier alpha value is -7.69. The zero-order valence-corrected chi connectivity index (χ0v) is 48.4. The lowest BCUT2D eigenvalue weighted by Gasteiger charge is -2.56. The third kappa shape index (κ3) is 11.8. The Balaban J connectivity index is 0.000000991. The number of likely N-dealkylation sites (tertiary alicyclic amines) is 1. The number of methoxy groups -OCH3 is 1. The molecule has 4 amide bonds. The molecule has 26 heteroatoms. The van der Waals surface area contributed by atoms with Crippen molar-refractivity contribution in [2.75, 3.05) is 80.1 Å². The van der Waals surface area contributed by atoms with Gasteiger partial charge in [0.2, 0.25) is 17.8 Å². The minimum Gasteiger partial charge on any atom is -0.494 e. The first-order valence-corrected chi connectivity index (χ1v) is 31.0.